The van der Waals surface area contributed by atoms with Crippen LogP contribution in [0, 0.1) is 29.3 Å². The smallest absolute Gasteiger partial charge is 0.257 e. The first-order valence-corrected chi connectivity index (χ1v) is 10.2. The van der Waals surface area contributed by atoms with Gasteiger partial charge in [0.1, 0.15) is 11.6 Å². The maximum atomic E-state index is 14.1. The molecule has 4 rings (SSSR count). The summed E-state index contributed by atoms with van der Waals surface area (Å²) in [4.78, 5) is 14.1. The zero-order chi connectivity index (χ0) is 21.4. The molecule has 0 aromatic heterocycles. The summed E-state index contributed by atoms with van der Waals surface area (Å²) < 4.78 is 47.0. The van der Waals surface area contributed by atoms with E-state index >= 15 is 0 Å². The van der Waals surface area contributed by atoms with E-state index in [4.69, 9.17) is 4.74 Å². The molecule has 0 spiro atoms. The predicted octanol–water partition coefficient (Wildman–Crippen LogP) is 5.04. The summed E-state index contributed by atoms with van der Waals surface area (Å²) in [6.45, 7) is 2.61. The molecule has 4 nitrogen and oxygen atoms in total. The second-order valence-electron chi connectivity index (χ2n) is 8.30. The van der Waals surface area contributed by atoms with Gasteiger partial charge < -0.3 is 14.7 Å². The molecular formula is C23H24F3NO3. The Morgan fingerprint density at radius 3 is 2.60 bits per heavy atom. The van der Waals surface area contributed by atoms with E-state index < -0.39 is 23.3 Å². The third-order valence-electron chi connectivity index (χ3n) is 6.29. The molecule has 30 heavy (non-hydrogen) atoms. The van der Waals surface area contributed by atoms with Crippen LogP contribution in [0.2, 0.25) is 0 Å². The van der Waals surface area contributed by atoms with E-state index in [0.717, 1.165) is 31.7 Å². The summed E-state index contributed by atoms with van der Waals surface area (Å²) >= 11 is 0. The van der Waals surface area contributed by atoms with Crippen molar-refractivity contribution < 1.29 is 27.8 Å². The van der Waals surface area contributed by atoms with Gasteiger partial charge in [-0.05, 0) is 68.2 Å². The Bertz CT molecular complexity index is 957. The van der Waals surface area contributed by atoms with Crippen LogP contribution in [0.1, 0.15) is 48.5 Å². The van der Waals surface area contributed by atoms with E-state index in [1.165, 1.54) is 17.0 Å². The Morgan fingerprint density at radius 2 is 1.90 bits per heavy atom. The summed E-state index contributed by atoms with van der Waals surface area (Å²) in [6, 6.07) is 7.14. The number of carbonyl (C=O) groups excluding carboxylic acids is 1. The van der Waals surface area contributed by atoms with Gasteiger partial charge in [-0.3, -0.25) is 4.79 Å². The molecule has 2 aromatic carbocycles. The predicted molar refractivity (Wildman–Crippen MR) is 105 cm³/mol. The largest absolute Gasteiger partial charge is 0.503 e. The van der Waals surface area contributed by atoms with Gasteiger partial charge >= 0.3 is 0 Å². The Hall–Kier alpha value is -2.70. The first kappa shape index (κ1) is 20.6. The first-order chi connectivity index (χ1) is 14.3. The Labute approximate surface area is 173 Å². The molecule has 0 saturated heterocycles. The molecule has 1 aliphatic heterocycles. The number of aromatic hydroxyl groups is 1. The van der Waals surface area contributed by atoms with Crippen LogP contribution in [-0.4, -0.2) is 28.6 Å². The number of amides is 1. The van der Waals surface area contributed by atoms with E-state index in [2.05, 4.69) is 0 Å². The molecular weight excluding hydrogens is 395 g/mol. The molecule has 160 valence electrons. The van der Waals surface area contributed by atoms with E-state index in [-0.39, 0.29) is 35.5 Å². The van der Waals surface area contributed by atoms with Crippen molar-refractivity contribution >= 4 is 5.91 Å². The molecule has 0 radical (unpaired) electrons. The summed E-state index contributed by atoms with van der Waals surface area (Å²) in [7, 11) is 0. The maximum absolute atomic E-state index is 14.1. The average Bonchev–Trinajstić information content (AvgIpc) is 3.02. The third-order valence-corrected chi connectivity index (χ3v) is 6.29. The van der Waals surface area contributed by atoms with E-state index in [1.54, 1.807) is 12.1 Å². The summed E-state index contributed by atoms with van der Waals surface area (Å²) in [6.07, 6.45) is 3.57. The highest BCUT2D eigenvalue weighted by Gasteiger charge is 2.36. The lowest BCUT2D eigenvalue weighted by molar-refractivity contribution is 0.0682. The van der Waals surface area contributed by atoms with Crippen molar-refractivity contribution in [3.05, 3.63) is 58.9 Å². The van der Waals surface area contributed by atoms with Crippen molar-refractivity contribution in [1.82, 2.24) is 4.90 Å². The van der Waals surface area contributed by atoms with Crippen LogP contribution in [0.4, 0.5) is 13.2 Å². The van der Waals surface area contributed by atoms with Gasteiger partial charge in [-0.2, -0.15) is 0 Å². The molecule has 1 heterocycles. The number of phenols is 1. The van der Waals surface area contributed by atoms with Gasteiger partial charge in [0.15, 0.2) is 17.4 Å². The molecule has 1 N–H and O–H groups in total. The van der Waals surface area contributed by atoms with Crippen LogP contribution in [0.3, 0.4) is 0 Å². The number of ether oxygens (including phenoxy) is 1. The summed E-state index contributed by atoms with van der Waals surface area (Å²) in [5.41, 5.74) is 0.0540. The number of carbonyl (C=O) groups is 1. The molecule has 1 fully saturated rings. The normalized spacial score (nSPS) is 22.1. The van der Waals surface area contributed by atoms with E-state index in [1.807, 2.05) is 6.92 Å². The number of hydrogen-bond acceptors (Lipinski definition) is 3. The minimum absolute atomic E-state index is 0.0505. The van der Waals surface area contributed by atoms with Crippen LogP contribution >= 0.6 is 0 Å². The SMILES string of the molecule is CC(Oc1cccc(F)c1)C1CCC(CN2Cc3cc(F)c(O)c(F)c3C2=O)CC1. The third kappa shape index (κ3) is 3.98. The number of benzene rings is 2. The highest BCUT2D eigenvalue weighted by molar-refractivity contribution is 5.99. The zero-order valence-electron chi connectivity index (χ0n) is 16.7. The molecule has 2 aromatic rings. The molecule has 1 unspecified atom stereocenters. The number of phenolic OH excluding ortho intramolecular Hbond substituents is 1. The van der Waals surface area contributed by atoms with Crippen molar-refractivity contribution in [3.63, 3.8) is 0 Å². The fraction of sp³-hybridized carbons (Fsp3) is 0.435. The van der Waals surface area contributed by atoms with E-state index in [0.29, 0.717) is 18.2 Å². The minimum atomic E-state index is -1.18. The minimum Gasteiger partial charge on any atom is -0.503 e. The number of rotatable bonds is 5. The quantitative estimate of drug-likeness (QED) is 0.739. The lowest BCUT2D eigenvalue weighted by atomic mass is 9.79. The van der Waals surface area contributed by atoms with E-state index in [9.17, 15) is 23.1 Å². The molecule has 0 bridgehead atoms. The Morgan fingerprint density at radius 1 is 1.17 bits per heavy atom. The number of hydrogen-bond donors (Lipinski definition) is 1. The molecule has 1 aliphatic carbocycles. The zero-order valence-corrected chi connectivity index (χ0v) is 16.7. The maximum Gasteiger partial charge on any atom is 0.257 e. The van der Waals surface area contributed by atoms with Gasteiger partial charge in [-0.1, -0.05) is 6.07 Å². The van der Waals surface area contributed by atoms with Crippen LogP contribution in [0.15, 0.2) is 30.3 Å². The number of fused-ring (bicyclic) bond motifs is 1. The molecule has 1 atom stereocenters. The summed E-state index contributed by atoms with van der Waals surface area (Å²) in [5, 5.41) is 9.44. The Kier molecular flexibility index (Phi) is 5.62. The van der Waals surface area contributed by atoms with Crippen molar-refractivity contribution in [2.75, 3.05) is 6.54 Å². The van der Waals surface area contributed by atoms with Crippen molar-refractivity contribution in [2.45, 2.75) is 45.3 Å². The number of halogens is 3. The highest BCUT2D eigenvalue weighted by Crippen LogP contribution is 2.36. The number of nitrogens with zero attached hydrogens (tertiary/aromatic N) is 1. The van der Waals surface area contributed by atoms with Crippen LogP contribution in [0.25, 0.3) is 0 Å². The van der Waals surface area contributed by atoms with Gasteiger partial charge in [0.05, 0.1) is 11.7 Å². The van der Waals surface area contributed by atoms with Crippen LogP contribution in [-0.2, 0) is 6.54 Å². The first-order valence-electron chi connectivity index (χ1n) is 10.2. The van der Waals surface area contributed by atoms with Crippen molar-refractivity contribution in [3.8, 4) is 11.5 Å². The molecule has 2 aliphatic rings. The van der Waals surface area contributed by atoms with Crippen LogP contribution in [0.5, 0.6) is 11.5 Å². The second kappa shape index (κ2) is 8.20. The van der Waals surface area contributed by atoms with Gasteiger partial charge in [0.25, 0.3) is 5.91 Å². The molecule has 1 amide bonds. The van der Waals surface area contributed by atoms with Gasteiger partial charge in [-0.15, -0.1) is 0 Å². The monoisotopic (exact) mass is 419 g/mol. The van der Waals surface area contributed by atoms with Crippen LogP contribution < -0.4 is 4.74 Å². The fourth-order valence-corrected chi connectivity index (χ4v) is 4.60. The van der Waals surface area contributed by atoms with Crippen molar-refractivity contribution in [2.24, 2.45) is 11.8 Å². The summed E-state index contributed by atoms with van der Waals surface area (Å²) in [5.74, 6) is -3.04. The lowest BCUT2D eigenvalue weighted by Gasteiger charge is -2.34. The standard InChI is InChI=1S/C23H24F3NO3/c1-13(30-18-4-2-3-17(24)10-18)15-7-5-14(6-8-15)11-27-12-16-9-19(25)22(28)21(26)20(16)23(27)29/h2-4,9-10,13-15,28H,5-8,11-12H2,1H3. The highest BCUT2D eigenvalue weighted by atomic mass is 19.1. The van der Waals surface area contributed by atoms with Gasteiger partial charge in [0, 0.05) is 19.2 Å². The van der Waals surface area contributed by atoms with Gasteiger partial charge in [-0.25, -0.2) is 13.2 Å². The van der Waals surface area contributed by atoms with Crippen molar-refractivity contribution in [1.29, 1.82) is 0 Å². The lowest BCUT2D eigenvalue weighted by Crippen LogP contribution is -2.34. The fourth-order valence-electron chi connectivity index (χ4n) is 4.60. The average molecular weight is 419 g/mol. The molecule has 1 saturated carbocycles. The Balaban J connectivity index is 1.32. The second-order valence-corrected chi connectivity index (χ2v) is 8.30. The van der Waals surface area contributed by atoms with Gasteiger partial charge in [0.2, 0.25) is 0 Å². The molecule has 7 heteroatoms. The topological polar surface area (TPSA) is 49.8 Å².